The molecule has 188 valence electrons. The Morgan fingerprint density at radius 2 is 1.97 bits per heavy atom. The van der Waals surface area contributed by atoms with E-state index in [-0.39, 0.29) is 22.5 Å². The van der Waals surface area contributed by atoms with Crippen LogP contribution < -0.4 is 10.1 Å². The first-order chi connectivity index (χ1) is 17.2. The summed E-state index contributed by atoms with van der Waals surface area (Å²) in [6.07, 6.45) is -0.289. The second kappa shape index (κ2) is 10.9. The highest BCUT2D eigenvalue weighted by atomic mass is 35.5. The lowest BCUT2D eigenvalue weighted by Gasteiger charge is -2.13. The fourth-order valence-electron chi connectivity index (χ4n) is 3.60. The molecule has 0 amide bonds. The van der Waals surface area contributed by atoms with Crippen LogP contribution in [0, 0.1) is 0 Å². The van der Waals surface area contributed by atoms with E-state index < -0.39 is 11.7 Å². The Balaban J connectivity index is 1.50. The van der Waals surface area contributed by atoms with Gasteiger partial charge in [0.25, 0.3) is 0 Å². The van der Waals surface area contributed by atoms with E-state index in [1.165, 1.54) is 18.5 Å². The lowest BCUT2D eigenvalue weighted by Crippen LogP contribution is -2.07. The highest BCUT2D eigenvalue weighted by Crippen LogP contribution is 2.36. The molecule has 7 nitrogen and oxygen atoms in total. The van der Waals surface area contributed by atoms with E-state index in [0.29, 0.717) is 37.5 Å². The Bertz CT molecular complexity index is 1370. The third-order valence-electron chi connectivity index (χ3n) is 5.22. The van der Waals surface area contributed by atoms with Gasteiger partial charge in [0, 0.05) is 24.8 Å². The van der Waals surface area contributed by atoms with E-state index in [2.05, 4.69) is 15.3 Å². The number of esters is 1. The molecule has 0 radical (unpaired) electrons. The summed E-state index contributed by atoms with van der Waals surface area (Å²) in [6.45, 7) is 2.68. The third kappa shape index (κ3) is 6.06. The second-order valence-electron chi connectivity index (χ2n) is 7.77. The molecule has 0 aliphatic heterocycles. The summed E-state index contributed by atoms with van der Waals surface area (Å²) < 4.78 is 51.4. The number of fused-ring (bicyclic) bond motifs is 1. The molecule has 0 aliphatic rings. The van der Waals surface area contributed by atoms with E-state index in [1.54, 1.807) is 25.1 Å². The molecule has 2 aromatic heterocycles. The third-order valence-corrected chi connectivity index (χ3v) is 5.51. The largest absolute Gasteiger partial charge is 0.466 e. The van der Waals surface area contributed by atoms with Gasteiger partial charge in [0.2, 0.25) is 0 Å². The van der Waals surface area contributed by atoms with Crippen molar-refractivity contribution >= 4 is 40.1 Å². The van der Waals surface area contributed by atoms with Crippen LogP contribution >= 0.6 is 11.6 Å². The molecule has 36 heavy (non-hydrogen) atoms. The number of aryl methyl sites for hydroxylation is 1. The van der Waals surface area contributed by atoms with Crippen molar-refractivity contribution in [2.24, 2.45) is 0 Å². The van der Waals surface area contributed by atoms with Gasteiger partial charge in [-0.2, -0.15) is 13.2 Å². The molecule has 4 rings (SSSR count). The molecule has 11 heteroatoms. The van der Waals surface area contributed by atoms with Gasteiger partial charge < -0.3 is 19.4 Å². The van der Waals surface area contributed by atoms with Gasteiger partial charge in [0.15, 0.2) is 5.82 Å². The van der Waals surface area contributed by atoms with Crippen molar-refractivity contribution in [2.45, 2.75) is 32.5 Å². The van der Waals surface area contributed by atoms with E-state index in [1.807, 2.05) is 16.8 Å². The van der Waals surface area contributed by atoms with Crippen LogP contribution in [0.15, 0.2) is 61.1 Å². The van der Waals surface area contributed by atoms with Crippen molar-refractivity contribution in [1.82, 2.24) is 14.5 Å². The maximum Gasteiger partial charge on any atom is 0.416 e. The average Bonchev–Trinajstić information content (AvgIpc) is 3.25. The molecule has 0 unspecified atom stereocenters. The molecule has 2 heterocycles. The lowest BCUT2D eigenvalue weighted by molar-refractivity contribution is -0.143. The first kappa shape index (κ1) is 25.3. The number of rotatable bonds is 9. The fraction of sp³-hybridized carbons (Fsp3) is 0.240. The van der Waals surface area contributed by atoms with E-state index >= 15 is 0 Å². The molecule has 0 atom stereocenters. The Morgan fingerprint density at radius 1 is 1.14 bits per heavy atom. The Kier molecular flexibility index (Phi) is 7.64. The van der Waals surface area contributed by atoms with Crippen LogP contribution in [0.1, 0.15) is 25.3 Å². The van der Waals surface area contributed by atoms with Crippen molar-refractivity contribution in [2.75, 3.05) is 11.9 Å². The number of hydrogen-bond donors (Lipinski definition) is 1. The van der Waals surface area contributed by atoms with Crippen LogP contribution in [0.3, 0.4) is 0 Å². The number of alkyl halides is 3. The van der Waals surface area contributed by atoms with E-state index in [4.69, 9.17) is 21.1 Å². The van der Waals surface area contributed by atoms with Crippen LogP contribution in [0.5, 0.6) is 11.5 Å². The zero-order valence-corrected chi connectivity index (χ0v) is 19.9. The SMILES string of the molecule is CCOC(=O)CCCn1ccc2ncnc(Nc3ccc(Oc4cccc(C(F)(F)F)c4)c(Cl)c3)c21. The van der Waals surface area contributed by atoms with Gasteiger partial charge in [0.1, 0.15) is 23.3 Å². The molecule has 0 saturated carbocycles. The minimum atomic E-state index is -4.48. The van der Waals surface area contributed by atoms with Crippen LogP contribution in [-0.2, 0) is 22.3 Å². The van der Waals surface area contributed by atoms with Crippen LogP contribution in [0.2, 0.25) is 5.02 Å². The Hall–Kier alpha value is -3.79. The molecular weight excluding hydrogens is 497 g/mol. The maximum atomic E-state index is 13.0. The summed E-state index contributed by atoms with van der Waals surface area (Å²) >= 11 is 6.36. The van der Waals surface area contributed by atoms with Gasteiger partial charge in [-0.25, -0.2) is 9.97 Å². The van der Waals surface area contributed by atoms with Crippen LogP contribution in [0.4, 0.5) is 24.7 Å². The number of nitrogens with zero attached hydrogens (tertiary/aromatic N) is 3. The van der Waals surface area contributed by atoms with Crippen molar-refractivity contribution < 1.29 is 27.4 Å². The highest BCUT2D eigenvalue weighted by Gasteiger charge is 2.30. The maximum absolute atomic E-state index is 13.0. The summed E-state index contributed by atoms with van der Waals surface area (Å²) in [6, 6.07) is 11.2. The number of ether oxygens (including phenoxy) is 2. The number of hydrogen-bond acceptors (Lipinski definition) is 6. The van der Waals surface area contributed by atoms with Crippen molar-refractivity contribution in [3.63, 3.8) is 0 Å². The zero-order chi connectivity index (χ0) is 25.7. The molecule has 2 aromatic carbocycles. The predicted octanol–water partition coefficient (Wildman–Crippen LogP) is 6.98. The minimum absolute atomic E-state index is 0.0191. The molecule has 0 saturated heterocycles. The van der Waals surface area contributed by atoms with Gasteiger partial charge in [0.05, 0.1) is 22.7 Å². The molecule has 0 fully saturated rings. The monoisotopic (exact) mass is 518 g/mol. The normalized spacial score (nSPS) is 11.5. The van der Waals surface area contributed by atoms with Gasteiger partial charge in [-0.05, 0) is 55.8 Å². The van der Waals surface area contributed by atoms with Crippen molar-refractivity contribution in [1.29, 1.82) is 0 Å². The molecule has 0 spiro atoms. The molecule has 0 aliphatic carbocycles. The van der Waals surface area contributed by atoms with Crippen LogP contribution in [0.25, 0.3) is 11.0 Å². The number of halogens is 4. The molecule has 1 N–H and O–H groups in total. The van der Waals surface area contributed by atoms with Crippen LogP contribution in [-0.4, -0.2) is 27.1 Å². The van der Waals surface area contributed by atoms with Gasteiger partial charge in [-0.3, -0.25) is 4.79 Å². The minimum Gasteiger partial charge on any atom is -0.466 e. The number of nitrogens with one attached hydrogen (secondary N) is 1. The van der Waals surface area contributed by atoms with Crippen molar-refractivity contribution in [3.8, 4) is 11.5 Å². The van der Waals surface area contributed by atoms with Gasteiger partial charge in [-0.1, -0.05) is 17.7 Å². The fourth-order valence-corrected chi connectivity index (χ4v) is 3.82. The Labute approximate surface area is 209 Å². The quantitative estimate of drug-likeness (QED) is 0.241. The number of aromatic nitrogens is 3. The molecular formula is C25H22ClF3N4O3. The number of benzene rings is 2. The van der Waals surface area contributed by atoms with Gasteiger partial charge >= 0.3 is 12.1 Å². The molecule has 4 aromatic rings. The standard InChI is InChI=1S/C25H22ClF3N4O3/c1-2-35-22(34)7-4-11-33-12-10-20-23(33)24(31-15-30-20)32-17-8-9-21(19(26)14-17)36-18-6-3-5-16(13-18)25(27,28)29/h3,5-6,8-10,12-15H,2,4,7,11H2,1H3,(H,30,31,32). The summed E-state index contributed by atoms with van der Waals surface area (Å²) in [5.41, 5.74) is 1.25. The zero-order valence-electron chi connectivity index (χ0n) is 19.2. The number of anilines is 2. The summed E-state index contributed by atoms with van der Waals surface area (Å²) in [5.74, 6) is 0.511. The lowest BCUT2D eigenvalue weighted by atomic mass is 10.2. The highest BCUT2D eigenvalue weighted by molar-refractivity contribution is 6.32. The van der Waals surface area contributed by atoms with Gasteiger partial charge in [-0.15, -0.1) is 0 Å². The smallest absolute Gasteiger partial charge is 0.416 e. The number of carbonyl (C=O) groups is 1. The second-order valence-corrected chi connectivity index (χ2v) is 8.18. The Morgan fingerprint density at radius 3 is 2.72 bits per heavy atom. The van der Waals surface area contributed by atoms with E-state index in [9.17, 15) is 18.0 Å². The first-order valence-corrected chi connectivity index (χ1v) is 11.5. The topological polar surface area (TPSA) is 78.3 Å². The summed E-state index contributed by atoms with van der Waals surface area (Å²) in [7, 11) is 0. The average molecular weight is 519 g/mol. The molecule has 0 bridgehead atoms. The predicted molar refractivity (Wildman–Crippen MR) is 130 cm³/mol. The van der Waals surface area contributed by atoms with Crippen molar-refractivity contribution in [3.05, 3.63) is 71.6 Å². The van der Waals surface area contributed by atoms with E-state index in [0.717, 1.165) is 23.2 Å². The first-order valence-electron chi connectivity index (χ1n) is 11.1. The number of carbonyl (C=O) groups excluding carboxylic acids is 1. The summed E-state index contributed by atoms with van der Waals surface area (Å²) in [5, 5.41) is 3.40. The summed E-state index contributed by atoms with van der Waals surface area (Å²) in [4.78, 5) is 20.3.